The van der Waals surface area contributed by atoms with Crippen LogP contribution in [0.3, 0.4) is 0 Å². The Morgan fingerprint density at radius 1 is 1.23 bits per heavy atom. The Hall–Kier alpha value is -2.14. The second-order valence-electron chi connectivity index (χ2n) is 5.87. The molecule has 0 spiro atoms. The summed E-state index contributed by atoms with van der Waals surface area (Å²) in [5.41, 5.74) is 1.83. The van der Waals surface area contributed by atoms with Crippen molar-refractivity contribution in [2.24, 2.45) is 0 Å². The van der Waals surface area contributed by atoms with Gasteiger partial charge in [0, 0.05) is 25.0 Å². The molecule has 1 atom stereocenters. The molecule has 1 unspecified atom stereocenters. The first-order chi connectivity index (χ1) is 10.6. The maximum absolute atomic E-state index is 13.5. The van der Waals surface area contributed by atoms with Crippen LogP contribution in [-0.2, 0) is 17.9 Å². The predicted molar refractivity (Wildman–Crippen MR) is 82.7 cm³/mol. The number of nitrogens with zero attached hydrogens (tertiary/aromatic N) is 3. The Labute approximate surface area is 129 Å². The lowest BCUT2D eigenvalue weighted by atomic mass is 10.0. The summed E-state index contributed by atoms with van der Waals surface area (Å²) in [6.45, 7) is 2.09. The molecule has 0 saturated heterocycles. The average molecular weight is 301 g/mol. The molecule has 1 aliphatic rings. The summed E-state index contributed by atoms with van der Waals surface area (Å²) < 4.78 is 15.7. The molecule has 116 valence electrons. The number of benzene rings is 1. The summed E-state index contributed by atoms with van der Waals surface area (Å²) in [6, 6.07) is 9.86. The van der Waals surface area contributed by atoms with Gasteiger partial charge in [-0.05, 0) is 43.9 Å². The van der Waals surface area contributed by atoms with Crippen LogP contribution >= 0.6 is 0 Å². The van der Waals surface area contributed by atoms with E-state index in [1.165, 1.54) is 12.1 Å². The summed E-state index contributed by atoms with van der Waals surface area (Å²) >= 11 is 0. The van der Waals surface area contributed by atoms with Crippen LogP contribution in [0.4, 0.5) is 4.39 Å². The molecule has 0 saturated carbocycles. The van der Waals surface area contributed by atoms with Crippen molar-refractivity contribution in [3.63, 3.8) is 0 Å². The van der Waals surface area contributed by atoms with Crippen LogP contribution in [0.15, 0.2) is 42.6 Å². The summed E-state index contributed by atoms with van der Waals surface area (Å²) in [5.74, 6) is -0.298. The lowest BCUT2D eigenvalue weighted by Gasteiger charge is -2.34. The fourth-order valence-electron chi connectivity index (χ4n) is 3.01. The van der Waals surface area contributed by atoms with Gasteiger partial charge in [0.1, 0.15) is 11.9 Å². The Bertz CT molecular complexity index is 680. The number of likely N-dealkylation sites (N-methyl/N-ethyl adjacent to an activating group) is 1. The Kier molecular flexibility index (Phi) is 3.98. The van der Waals surface area contributed by atoms with Gasteiger partial charge in [0.15, 0.2) is 0 Å². The van der Waals surface area contributed by atoms with E-state index in [4.69, 9.17) is 0 Å². The topological polar surface area (TPSA) is 28.5 Å². The number of aromatic nitrogens is 1. The highest BCUT2D eigenvalue weighted by Crippen LogP contribution is 2.24. The molecule has 1 aromatic carbocycles. The second kappa shape index (κ2) is 5.93. The normalized spacial score (nSPS) is 15.7. The first-order valence-electron chi connectivity index (χ1n) is 7.41. The van der Waals surface area contributed by atoms with Crippen LogP contribution < -0.4 is 0 Å². The number of fused-ring (bicyclic) bond motifs is 1. The van der Waals surface area contributed by atoms with Gasteiger partial charge in [-0.1, -0.05) is 12.1 Å². The lowest BCUT2D eigenvalue weighted by molar-refractivity contribution is -0.137. The van der Waals surface area contributed by atoms with E-state index in [1.54, 1.807) is 12.1 Å². The predicted octanol–water partition coefficient (Wildman–Crippen LogP) is 2.27. The third-order valence-electron chi connectivity index (χ3n) is 4.11. The Morgan fingerprint density at radius 3 is 2.77 bits per heavy atom. The zero-order valence-electron chi connectivity index (χ0n) is 12.9. The van der Waals surface area contributed by atoms with Crippen molar-refractivity contribution in [1.29, 1.82) is 0 Å². The van der Waals surface area contributed by atoms with Gasteiger partial charge in [0.2, 0.25) is 5.91 Å². The maximum Gasteiger partial charge on any atom is 0.244 e. The number of rotatable bonds is 3. The Morgan fingerprint density at radius 2 is 2.05 bits per heavy atom. The summed E-state index contributed by atoms with van der Waals surface area (Å²) in [4.78, 5) is 16.6. The fraction of sp³-hybridized carbons (Fsp3) is 0.353. The molecule has 4 nitrogen and oxygen atoms in total. The van der Waals surface area contributed by atoms with Crippen LogP contribution in [0.2, 0.25) is 0 Å². The van der Waals surface area contributed by atoms with Crippen molar-refractivity contribution in [3.8, 4) is 0 Å². The number of carbonyl (C=O) groups is 1. The average Bonchev–Trinajstić information content (AvgIpc) is 2.94. The molecule has 0 radical (unpaired) electrons. The SMILES string of the molecule is CN(C)C(C(=O)N1CCn2cccc2C1)c1cccc(F)c1. The summed E-state index contributed by atoms with van der Waals surface area (Å²) in [7, 11) is 3.69. The van der Waals surface area contributed by atoms with E-state index < -0.39 is 6.04 Å². The van der Waals surface area contributed by atoms with Crippen molar-refractivity contribution < 1.29 is 9.18 Å². The monoisotopic (exact) mass is 301 g/mol. The lowest BCUT2D eigenvalue weighted by Crippen LogP contribution is -2.44. The number of carbonyl (C=O) groups excluding carboxylic acids is 1. The van der Waals surface area contributed by atoms with E-state index in [1.807, 2.05) is 42.2 Å². The third kappa shape index (κ3) is 2.76. The van der Waals surface area contributed by atoms with Gasteiger partial charge < -0.3 is 9.47 Å². The van der Waals surface area contributed by atoms with E-state index in [-0.39, 0.29) is 11.7 Å². The molecule has 5 heteroatoms. The standard InChI is InChI=1S/C17H20FN3O/c1-19(2)16(13-5-3-6-14(18)11-13)17(22)21-10-9-20-8-4-7-15(20)12-21/h3-8,11,16H,9-10,12H2,1-2H3. The molecule has 0 N–H and O–H groups in total. The molecule has 2 aromatic rings. The van der Waals surface area contributed by atoms with Crippen LogP contribution in [0.1, 0.15) is 17.3 Å². The van der Waals surface area contributed by atoms with Crippen LogP contribution in [-0.4, -0.2) is 40.9 Å². The quantitative estimate of drug-likeness (QED) is 0.870. The molecule has 0 bridgehead atoms. The minimum absolute atomic E-state index is 0.0167. The van der Waals surface area contributed by atoms with Gasteiger partial charge >= 0.3 is 0 Å². The molecular weight excluding hydrogens is 281 g/mol. The fourth-order valence-corrected chi connectivity index (χ4v) is 3.01. The van der Waals surface area contributed by atoms with Gasteiger partial charge in [0.25, 0.3) is 0 Å². The number of hydrogen-bond acceptors (Lipinski definition) is 2. The molecule has 1 aromatic heterocycles. The van der Waals surface area contributed by atoms with Crippen molar-refractivity contribution >= 4 is 5.91 Å². The molecule has 3 rings (SSSR count). The van der Waals surface area contributed by atoms with Crippen molar-refractivity contribution in [2.75, 3.05) is 20.6 Å². The van der Waals surface area contributed by atoms with Crippen LogP contribution in [0.25, 0.3) is 0 Å². The molecular formula is C17H20FN3O. The molecule has 1 amide bonds. The smallest absolute Gasteiger partial charge is 0.244 e. The highest BCUT2D eigenvalue weighted by molar-refractivity contribution is 5.83. The molecule has 0 aliphatic carbocycles. The molecule has 1 aliphatic heterocycles. The number of amides is 1. The van der Waals surface area contributed by atoms with Crippen LogP contribution in [0.5, 0.6) is 0 Å². The zero-order chi connectivity index (χ0) is 15.7. The van der Waals surface area contributed by atoms with Crippen molar-refractivity contribution in [3.05, 3.63) is 59.7 Å². The van der Waals surface area contributed by atoms with Crippen molar-refractivity contribution in [2.45, 2.75) is 19.1 Å². The minimum Gasteiger partial charge on any atom is -0.348 e. The first-order valence-corrected chi connectivity index (χ1v) is 7.41. The summed E-state index contributed by atoms with van der Waals surface area (Å²) in [6.07, 6.45) is 2.03. The van der Waals surface area contributed by atoms with Gasteiger partial charge in [-0.3, -0.25) is 9.69 Å². The first kappa shape index (κ1) is 14.8. The van der Waals surface area contributed by atoms with Crippen LogP contribution in [0, 0.1) is 5.82 Å². The van der Waals surface area contributed by atoms with Gasteiger partial charge in [0.05, 0.1) is 6.54 Å². The number of halogens is 1. The van der Waals surface area contributed by atoms with E-state index >= 15 is 0 Å². The largest absolute Gasteiger partial charge is 0.348 e. The van der Waals surface area contributed by atoms with Crippen molar-refractivity contribution in [1.82, 2.24) is 14.4 Å². The van der Waals surface area contributed by atoms with Gasteiger partial charge in [-0.15, -0.1) is 0 Å². The third-order valence-corrected chi connectivity index (χ3v) is 4.11. The minimum atomic E-state index is -0.461. The Balaban J connectivity index is 1.85. The van der Waals surface area contributed by atoms with Gasteiger partial charge in [-0.25, -0.2) is 4.39 Å². The summed E-state index contributed by atoms with van der Waals surface area (Å²) in [5, 5.41) is 0. The van der Waals surface area contributed by atoms with E-state index in [0.29, 0.717) is 18.7 Å². The molecule has 2 heterocycles. The van der Waals surface area contributed by atoms with E-state index in [9.17, 15) is 9.18 Å². The second-order valence-corrected chi connectivity index (χ2v) is 5.87. The molecule has 22 heavy (non-hydrogen) atoms. The zero-order valence-corrected chi connectivity index (χ0v) is 12.9. The van der Waals surface area contributed by atoms with Gasteiger partial charge in [-0.2, -0.15) is 0 Å². The highest BCUT2D eigenvalue weighted by Gasteiger charge is 2.30. The molecule has 0 fully saturated rings. The maximum atomic E-state index is 13.5. The van der Waals surface area contributed by atoms with E-state index in [0.717, 1.165) is 12.2 Å². The number of hydrogen-bond donors (Lipinski definition) is 0. The highest BCUT2D eigenvalue weighted by atomic mass is 19.1. The van der Waals surface area contributed by atoms with E-state index in [2.05, 4.69) is 4.57 Å².